The maximum Gasteiger partial charge on any atom is 0.319 e. The fraction of sp³-hybridized carbons (Fsp3) is 0.0500. The second kappa shape index (κ2) is 7.57. The van der Waals surface area contributed by atoms with Gasteiger partial charge in [0, 0.05) is 18.0 Å². The van der Waals surface area contributed by atoms with E-state index in [2.05, 4.69) is 20.8 Å². The van der Waals surface area contributed by atoms with Crippen LogP contribution in [0.25, 0.3) is 5.65 Å². The van der Waals surface area contributed by atoms with Crippen molar-refractivity contribution in [1.82, 2.24) is 19.9 Å². The second-order valence-corrected chi connectivity index (χ2v) is 5.80. The number of urea groups is 1. The Labute approximate surface area is 155 Å². The van der Waals surface area contributed by atoms with Crippen LogP contribution in [0.5, 0.6) is 11.5 Å². The number of rotatable bonds is 5. The van der Waals surface area contributed by atoms with Crippen LogP contribution in [-0.4, -0.2) is 20.6 Å². The highest BCUT2D eigenvalue weighted by Crippen LogP contribution is 2.23. The van der Waals surface area contributed by atoms with Crippen molar-refractivity contribution in [3.63, 3.8) is 0 Å². The topological polar surface area (TPSA) is 80.6 Å². The maximum absolute atomic E-state index is 12.2. The Morgan fingerprint density at radius 1 is 0.926 bits per heavy atom. The molecule has 2 N–H and O–H groups in total. The number of para-hydroxylation sites is 1. The number of benzene rings is 2. The van der Waals surface area contributed by atoms with Crippen molar-refractivity contribution < 1.29 is 9.53 Å². The van der Waals surface area contributed by atoms with Crippen LogP contribution in [0.15, 0.2) is 79.0 Å². The molecule has 0 saturated carbocycles. The predicted molar refractivity (Wildman–Crippen MR) is 102 cm³/mol. The first-order valence-corrected chi connectivity index (χ1v) is 8.44. The smallest absolute Gasteiger partial charge is 0.319 e. The van der Waals surface area contributed by atoms with E-state index >= 15 is 0 Å². The van der Waals surface area contributed by atoms with Gasteiger partial charge in [0.25, 0.3) is 0 Å². The maximum atomic E-state index is 12.2. The van der Waals surface area contributed by atoms with Gasteiger partial charge in [-0.3, -0.25) is 4.40 Å². The summed E-state index contributed by atoms with van der Waals surface area (Å²) in [5, 5.41) is 13.7. The molecule has 2 heterocycles. The van der Waals surface area contributed by atoms with E-state index in [-0.39, 0.29) is 12.6 Å². The zero-order valence-corrected chi connectivity index (χ0v) is 14.4. The van der Waals surface area contributed by atoms with Crippen LogP contribution in [-0.2, 0) is 6.54 Å². The molecule has 0 aliphatic carbocycles. The molecular formula is C20H17N5O2. The highest BCUT2D eigenvalue weighted by atomic mass is 16.5. The Morgan fingerprint density at radius 3 is 2.63 bits per heavy atom. The van der Waals surface area contributed by atoms with Crippen molar-refractivity contribution in [2.24, 2.45) is 0 Å². The molecule has 2 amide bonds. The van der Waals surface area contributed by atoms with E-state index in [4.69, 9.17) is 4.74 Å². The largest absolute Gasteiger partial charge is 0.457 e. The number of nitrogens with one attached hydrogen (secondary N) is 2. The molecular weight excluding hydrogens is 342 g/mol. The number of fused-ring (bicyclic) bond motifs is 1. The van der Waals surface area contributed by atoms with Crippen molar-refractivity contribution >= 4 is 17.4 Å². The summed E-state index contributed by atoms with van der Waals surface area (Å²) < 4.78 is 7.60. The zero-order chi connectivity index (χ0) is 18.5. The number of nitrogens with zero attached hydrogens (tertiary/aromatic N) is 3. The molecule has 7 heteroatoms. The predicted octanol–water partition coefficient (Wildman–Crippen LogP) is 3.84. The first-order valence-electron chi connectivity index (χ1n) is 8.44. The molecule has 0 saturated heterocycles. The van der Waals surface area contributed by atoms with Gasteiger partial charge in [-0.25, -0.2) is 4.79 Å². The van der Waals surface area contributed by atoms with Crippen molar-refractivity contribution in [1.29, 1.82) is 0 Å². The Hall–Kier alpha value is -3.87. The van der Waals surface area contributed by atoms with Crippen LogP contribution < -0.4 is 15.4 Å². The molecule has 0 radical (unpaired) electrons. The molecule has 0 aliphatic rings. The number of carbonyl (C=O) groups excluding carboxylic acids is 1. The number of hydrogen-bond donors (Lipinski definition) is 2. The number of ether oxygens (including phenoxy) is 1. The van der Waals surface area contributed by atoms with Crippen LogP contribution in [0, 0.1) is 0 Å². The SMILES string of the molecule is O=C(NCc1nnc2ccccn12)Nc1cccc(Oc2ccccc2)c1. The van der Waals surface area contributed by atoms with Gasteiger partial charge in [0.05, 0.1) is 6.54 Å². The van der Waals surface area contributed by atoms with Crippen molar-refractivity contribution in [2.75, 3.05) is 5.32 Å². The number of amides is 2. The van der Waals surface area contributed by atoms with Gasteiger partial charge in [-0.2, -0.15) is 0 Å². The first kappa shape index (κ1) is 16.6. The normalized spacial score (nSPS) is 10.5. The number of carbonyl (C=O) groups is 1. The summed E-state index contributed by atoms with van der Waals surface area (Å²) >= 11 is 0. The Balaban J connectivity index is 1.37. The lowest BCUT2D eigenvalue weighted by Gasteiger charge is -2.09. The summed E-state index contributed by atoms with van der Waals surface area (Å²) in [5.74, 6) is 2.03. The Kier molecular flexibility index (Phi) is 4.65. The monoisotopic (exact) mass is 359 g/mol. The second-order valence-electron chi connectivity index (χ2n) is 5.80. The van der Waals surface area contributed by atoms with Gasteiger partial charge in [0.1, 0.15) is 11.5 Å². The van der Waals surface area contributed by atoms with E-state index in [9.17, 15) is 4.79 Å². The molecule has 134 valence electrons. The zero-order valence-electron chi connectivity index (χ0n) is 14.4. The number of aromatic nitrogens is 3. The van der Waals surface area contributed by atoms with Crippen LogP contribution in [0.3, 0.4) is 0 Å². The first-order chi connectivity index (χ1) is 13.3. The van der Waals surface area contributed by atoms with E-state index in [0.717, 1.165) is 11.4 Å². The molecule has 0 fully saturated rings. The Morgan fingerprint density at radius 2 is 1.74 bits per heavy atom. The van der Waals surface area contributed by atoms with Crippen molar-refractivity contribution in [3.05, 3.63) is 84.8 Å². The van der Waals surface area contributed by atoms with Gasteiger partial charge in [-0.05, 0) is 36.4 Å². The van der Waals surface area contributed by atoms with Gasteiger partial charge in [0.15, 0.2) is 11.5 Å². The summed E-state index contributed by atoms with van der Waals surface area (Å²) in [6, 6.07) is 22.0. The Bertz CT molecular complexity index is 1060. The van der Waals surface area contributed by atoms with Crippen molar-refractivity contribution in [2.45, 2.75) is 6.54 Å². The number of anilines is 1. The lowest BCUT2D eigenvalue weighted by atomic mass is 10.3. The molecule has 7 nitrogen and oxygen atoms in total. The number of pyridine rings is 1. The summed E-state index contributed by atoms with van der Waals surface area (Å²) in [5.41, 5.74) is 1.37. The van der Waals surface area contributed by atoms with Crippen LogP contribution in [0.2, 0.25) is 0 Å². The summed E-state index contributed by atoms with van der Waals surface area (Å²) in [6.07, 6.45) is 1.86. The molecule has 27 heavy (non-hydrogen) atoms. The molecule has 0 bridgehead atoms. The third kappa shape index (κ3) is 4.04. The molecule has 0 unspecified atom stereocenters. The van der Waals surface area contributed by atoms with Gasteiger partial charge < -0.3 is 15.4 Å². The number of hydrogen-bond acceptors (Lipinski definition) is 4. The minimum absolute atomic E-state index is 0.261. The molecule has 4 rings (SSSR count). The van der Waals surface area contributed by atoms with Crippen molar-refractivity contribution in [3.8, 4) is 11.5 Å². The standard InChI is InChI=1S/C20H17N5O2/c26-20(21-14-19-24-23-18-11-4-5-12-25(18)19)22-15-7-6-10-17(13-15)27-16-8-2-1-3-9-16/h1-13H,14H2,(H2,21,22,26). The summed E-state index contributed by atoms with van der Waals surface area (Å²) in [7, 11) is 0. The van der Waals surface area contributed by atoms with Crippen LogP contribution >= 0.6 is 0 Å². The average Bonchev–Trinajstić information content (AvgIpc) is 3.11. The lowest BCUT2D eigenvalue weighted by molar-refractivity contribution is 0.251. The summed E-state index contributed by atoms with van der Waals surface area (Å²) in [6.45, 7) is 0.261. The van der Waals surface area contributed by atoms with E-state index in [0.29, 0.717) is 17.3 Å². The van der Waals surface area contributed by atoms with Crippen LogP contribution in [0.4, 0.5) is 10.5 Å². The van der Waals surface area contributed by atoms with Gasteiger partial charge in [-0.15, -0.1) is 10.2 Å². The summed E-state index contributed by atoms with van der Waals surface area (Å²) in [4.78, 5) is 12.2. The fourth-order valence-electron chi connectivity index (χ4n) is 2.61. The molecule has 0 aliphatic heterocycles. The highest BCUT2D eigenvalue weighted by molar-refractivity contribution is 5.89. The highest BCUT2D eigenvalue weighted by Gasteiger charge is 2.07. The van der Waals surface area contributed by atoms with Gasteiger partial charge in [0.2, 0.25) is 0 Å². The molecule has 0 spiro atoms. The van der Waals surface area contributed by atoms with Crippen LogP contribution in [0.1, 0.15) is 5.82 Å². The minimum atomic E-state index is -0.334. The molecule has 0 atom stereocenters. The molecule has 4 aromatic rings. The third-order valence-electron chi connectivity index (χ3n) is 3.86. The average molecular weight is 359 g/mol. The van der Waals surface area contributed by atoms with E-state index in [1.807, 2.05) is 71.3 Å². The van der Waals surface area contributed by atoms with E-state index in [1.54, 1.807) is 12.1 Å². The third-order valence-corrected chi connectivity index (χ3v) is 3.86. The quantitative estimate of drug-likeness (QED) is 0.567. The van der Waals surface area contributed by atoms with E-state index in [1.165, 1.54) is 0 Å². The molecule has 2 aromatic heterocycles. The van der Waals surface area contributed by atoms with E-state index < -0.39 is 0 Å². The fourth-order valence-corrected chi connectivity index (χ4v) is 2.61. The molecule has 2 aromatic carbocycles. The van der Waals surface area contributed by atoms with Gasteiger partial charge >= 0.3 is 6.03 Å². The lowest BCUT2D eigenvalue weighted by Crippen LogP contribution is -2.28. The van der Waals surface area contributed by atoms with Gasteiger partial charge in [-0.1, -0.05) is 30.3 Å². The minimum Gasteiger partial charge on any atom is -0.457 e.